The van der Waals surface area contributed by atoms with Gasteiger partial charge >= 0.3 is 0 Å². The highest BCUT2D eigenvalue weighted by Crippen LogP contribution is 2.13. The molecule has 1 aromatic heterocycles. The second-order valence-corrected chi connectivity index (χ2v) is 4.62. The van der Waals surface area contributed by atoms with Gasteiger partial charge in [0, 0.05) is 12.4 Å². The van der Waals surface area contributed by atoms with Crippen LogP contribution in [0.4, 0.5) is 0 Å². The van der Waals surface area contributed by atoms with Crippen molar-refractivity contribution in [3.8, 4) is 0 Å². The highest BCUT2D eigenvalue weighted by Gasteiger charge is 2.08. The molecule has 0 aliphatic rings. The van der Waals surface area contributed by atoms with Gasteiger partial charge in [-0.3, -0.25) is 4.79 Å². The van der Waals surface area contributed by atoms with Gasteiger partial charge in [-0.2, -0.15) is 0 Å². The molecule has 0 bridgehead atoms. The van der Waals surface area contributed by atoms with E-state index in [9.17, 15) is 4.79 Å². The summed E-state index contributed by atoms with van der Waals surface area (Å²) >= 11 is 8.71. The molecule has 0 saturated heterocycles. The molecule has 0 unspecified atom stereocenters. The largest absolute Gasteiger partial charge is 0.444 e. The Morgan fingerprint density at radius 2 is 2.06 bits per heavy atom. The van der Waals surface area contributed by atoms with Crippen molar-refractivity contribution in [3.63, 3.8) is 0 Å². The van der Waals surface area contributed by atoms with Crippen LogP contribution in [-0.4, -0.2) is 18.3 Å². The van der Waals surface area contributed by atoms with Crippen molar-refractivity contribution >= 4 is 33.4 Å². The normalized spacial score (nSPS) is 10.4. The van der Waals surface area contributed by atoms with Crippen LogP contribution in [0.5, 0.6) is 0 Å². The number of hydrogen-bond acceptors (Lipinski definition) is 2. The lowest BCUT2D eigenvalue weighted by Crippen LogP contribution is -2.23. The van der Waals surface area contributed by atoms with E-state index in [1.165, 1.54) is 0 Å². The molecule has 0 aromatic carbocycles. The number of hydrogen-bond donors (Lipinski definition) is 1. The smallest absolute Gasteiger partial charge is 0.287 e. The van der Waals surface area contributed by atoms with E-state index in [1.54, 1.807) is 12.1 Å². The van der Waals surface area contributed by atoms with Gasteiger partial charge in [0.05, 0.1) is 0 Å². The molecule has 0 atom stereocenters. The predicted molar refractivity (Wildman–Crippen MR) is 67.9 cm³/mol. The van der Waals surface area contributed by atoms with Crippen molar-refractivity contribution in [3.05, 3.63) is 22.6 Å². The van der Waals surface area contributed by atoms with Crippen LogP contribution in [0.15, 0.2) is 21.2 Å². The van der Waals surface area contributed by atoms with E-state index in [-0.39, 0.29) is 5.91 Å². The molecule has 16 heavy (non-hydrogen) atoms. The molecule has 0 saturated carbocycles. The lowest BCUT2D eigenvalue weighted by atomic mass is 10.2. The first-order valence-electron chi connectivity index (χ1n) is 5.33. The third-order valence-electron chi connectivity index (χ3n) is 2.14. The zero-order valence-corrected chi connectivity index (χ0v) is 11.3. The first-order valence-corrected chi connectivity index (χ1v) is 6.66. The van der Waals surface area contributed by atoms with E-state index < -0.39 is 0 Å². The molecule has 1 heterocycles. The molecule has 90 valence electrons. The number of amides is 1. The maximum Gasteiger partial charge on any atom is 0.287 e. The Hall–Kier alpha value is -0.480. The molecule has 0 radical (unpaired) electrons. The van der Waals surface area contributed by atoms with E-state index in [2.05, 4.69) is 21.2 Å². The van der Waals surface area contributed by atoms with Gasteiger partial charge in [-0.1, -0.05) is 12.8 Å². The molecule has 1 amide bonds. The summed E-state index contributed by atoms with van der Waals surface area (Å²) in [6.45, 7) is 0.680. The summed E-state index contributed by atoms with van der Waals surface area (Å²) in [5.74, 6) is 0.892. The van der Waals surface area contributed by atoms with Crippen molar-refractivity contribution in [2.24, 2.45) is 0 Å². The van der Waals surface area contributed by atoms with E-state index >= 15 is 0 Å². The number of carbonyl (C=O) groups excluding carboxylic acids is 1. The van der Waals surface area contributed by atoms with Crippen LogP contribution in [0.25, 0.3) is 0 Å². The van der Waals surface area contributed by atoms with Crippen LogP contribution in [0.1, 0.15) is 36.2 Å². The third-order valence-corrected chi connectivity index (χ3v) is 2.84. The molecule has 3 nitrogen and oxygen atoms in total. The van der Waals surface area contributed by atoms with Crippen molar-refractivity contribution in [2.75, 3.05) is 12.4 Å². The first-order chi connectivity index (χ1) is 7.74. The van der Waals surface area contributed by atoms with Gasteiger partial charge in [0.15, 0.2) is 10.4 Å². The maximum atomic E-state index is 11.5. The number of rotatable bonds is 7. The Morgan fingerprint density at radius 1 is 1.31 bits per heavy atom. The van der Waals surface area contributed by atoms with E-state index in [4.69, 9.17) is 16.0 Å². The minimum atomic E-state index is -0.164. The van der Waals surface area contributed by atoms with Crippen LogP contribution in [0.3, 0.4) is 0 Å². The van der Waals surface area contributed by atoms with Gasteiger partial charge in [-0.25, -0.2) is 0 Å². The number of unbranched alkanes of at least 4 members (excludes halogenated alkanes) is 3. The van der Waals surface area contributed by atoms with Gasteiger partial charge in [0.25, 0.3) is 5.91 Å². The Balaban J connectivity index is 2.11. The summed E-state index contributed by atoms with van der Waals surface area (Å²) < 4.78 is 5.70. The molecule has 0 fully saturated rings. The van der Waals surface area contributed by atoms with Crippen molar-refractivity contribution in [1.82, 2.24) is 5.32 Å². The van der Waals surface area contributed by atoms with Crippen LogP contribution < -0.4 is 5.32 Å². The van der Waals surface area contributed by atoms with Crippen LogP contribution in [-0.2, 0) is 0 Å². The molecular formula is C11H15BrClNO2. The lowest BCUT2D eigenvalue weighted by Gasteiger charge is -2.02. The summed E-state index contributed by atoms with van der Waals surface area (Å²) in [4.78, 5) is 11.5. The Bertz CT molecular complexity index is 328. The van der Waals surface area contributed by atoms with Gasteiger partial charge in [-0.05, 0) is 40.9 Å². The predicted octanol–water partition coefficient (Wildman–Crippen LogP) is 3.57. The summed E-state index contributed by atoms with van der Waals surface area (Å²) in [5.41, 5.74) is 0. The standard InChI is InChI=1S/C11H15BrClNO2/c12-10-6-5-9(16-10)11(15)14-8-4-2-1-3-7-13/h5-6H,1-4,7-8H2,(H,14,15). The Kier molecular flexibility index (Phi) is 6.57. The zero-order chi connectivity index (χ0) is 11.8. The molecular weight excluding hydrogens is 293 g/mol. The fourth-order valence-corrected chi connectivity index (χ4v) is 1.79. The highest BCUT2D eigenvalue weighted by atomic mass is 79.9. The molecule has 0 aliphatic carbocycles. The van der Waals surface area contributed by atoms with Crippen LogP contribution in [0.2, 0.25) is 0 Å². The molecule has 1 N–H and O–H groups in total. The summed E-state index contributed by atoms with van der Waals surface area (Å²) in [5, 5.41) is 2.80. The average Bonchev–Trinajstić information content (AvgIpc) is 2.70. The second-order valence-electron chi connectivity index (χ2n) is 3.46. The van der Waals surface area contributed by atoms with Gasteiger partial charge in [0.1, 0.15) is 0 Å². The molecule has 0 spiro atoms. The van der Waals surface area contributed by atoms with Crippen molar-refractivity contribution in [1.29, 1.82) is 0 Å². The summed E-state index contributed by atoms with van der Waals surface area (Å²) in [7, 11) is 0. The third kappa shape index (κ3) is 5.03. The number of carbonyl (C=O) groups is 1. The van der Waals surface area contributed by atoms with E-state index in [1.807, 2.05) is 0 Å². The van der Waals surface area contributed by atoms with E-state index in [0.717, 1.165) is 25.7 Å². The van der Waals surface area contributed by atoms with E-state index in [0.29, 0.717) is 22.9 Å². The number of nitrogens with one attached hydrogen (secondary N) is 1. The minimum Gasteiger partial charge on any atom is -0.444 e. The van der Waals surface area contributed by atoms with Crippen molar-refractivity contribution in [2.45, 2.75) is 25.7 Å². The second kappa shape index (κ2) is 7.74. The Morgan fingerprint density at radius 3 is 2.69 bits per heavy atom. The quantitative estimate of drug-likeness (QED) is 0.618. The summed E-state index contributed by atoms with van der Waals surface area (Å²) in [6.07, 6.45) is 4.23. The number of alkyl halides is 1. The maximum absolute atomic E-state index is 11.5. The first kappa shape index (κ1) is 13.6. The molecule has 1 aromatic rings. The fourth-order valence-electron chi connectivity index (χ4n) is 1.30. The lowest BCUT2D eigenvalue weighted by molar-refractivity contribution is 0.0924. The fraction of sp³-hybridized carbons (Fsp3) is 0.545. The number of halogens is 2. The van der Waals surface area contributed by atoms with Crippen molar-refractivity contribution < 1.29 is 9.21 Å². The van der Waals surface area contributed by atoms with Crippen LogP contribution in [0, 0.1) is 0 Å². The Labute approximate surface area is 109 Å². The number of furan rings is 1. The molecule has 1 rings (SSSR count). The summed E-state index contributed by atoms with van der Waals surface area (Å²) in [6, 6.07) is 3.35. The highest BCUT2D eigenvalue weighted by molar-refractivity contribution is 9.10. The van der Waals surface area contributed by atoms with Gasteiger partial charge < -0.3 is 9.73 Å². The zero-order valence-electron chi connectivity index (χ0n) is 8.97. The van der Waals surface area contributed by atoms with Crippen LogP contribution >= 0.6 is 27.5 Å². The average molecular weight is 309 g/mol. The van der Waals surface area contributed by atoms with Gasteiger partial charge in [0.2, 0.25) is 0 Å². The SMILES string of the molecule is O=C(NCCCCCCCl)c1ccc(Br)o1. The topological polar surface area (TPSA) is 42.2 Å². The monoisotopic (exact) mass is 307 g/mol. The minimum absolute atomic E-state index is 0.164. The molecule has 0 aliphatic heterocycles. The van der Waals surface area contributed by atoms with Gasteiger partial charge in [-0.15, -0.1) is 11.6 Å². The molecule has 5 heteroatoms.